The average molecular weight is 386 g/mol. The van der Waals surface area contributed by atoms with Crippen LogP contribution >= 0.6 is 33.9 Å². The second kappa shape index (κ2) is 6.47. The Morgan fingerprint density at radius 3 is 2.68 bits per heavy atom. The number of halogens is 1. The van der Waals surface area contributed by atoms with Crippen molar-refractivity contribution in [2.45, 2.75) is 26.3 Å². The highest BCUT2D eigenvalue weighted by Gasteiger charge is 2.14. The van der Waals surface area contributed by atoms with Crippen LogP contribution in [0.1, 0.15) is 40.1 Å². The van der Waals surface area contributed by atoms with Gasteiger partial charge in [0.15, 0.2) is 0 Å². The van der Waals surface area contributed by atoms with Crippen LogP contribution in [0.2, 0.25) is 0 Å². The molecule has 1 aromatic carbocycles. The maximum atomic E-state index is 12.1. The lowest BCUT2D eigenvalue weighted by molar-refractivity contribution is 0.0940. The molecule has 0 bridgehead atoms. The van der Waals surface area contributed by atoms with E-state index in [2.05, 4.69) is 39.8 Å². The van der Waals surface area contributed by atoms with E-state index in [-0.39, 0.29) is 11.9 Å². The molecule has 19 heavy (non-hydrogen) atoms. The van der Waals surface area contributed by atoms with Gasteiger partial charge in [0.1, 0.15) is 5.01 Å². The van der Waals surface area contributed by atoms with Crippen molar-refractivity contribution in [1.29, 1.82) is 0 Å². The second-order valence-electron chi connectivity index (χ2n) is 4.22. The molecule has 1 aromatic heterocycles. The Bertz CT molecular complexity index is 565. The van der Waals surface area contributed by atoms with Gasteiger partial charge in [0, 0.05) is 20.2 Å². The molecular formula is C14H15IN2OS. The zero-order chi connectivity index (χ0) is 13.8. The van der Waals surface area contributed by atoms with Crippen LogP contribution in [-0.2, 0) is 6.42 Å². The fourth-order valence-corrected chi connectivity index (χ4v) is 2.85. The number of carbonyl (C=O) groups excluding carboxylic acids is 1. The third-order valence-corrected chi connectivity index (χ3v) is 4.79. The van der Waals surface area contributed by atoms with Gasteiger partial charge < -0.3 is 5.32 Å². The molecule has 0 saturated heterocycles. The summed E-state index contributed by atoms with van der Waals surface area (Å²) in [5, 5.41) is 3.93. The highest BCUT2D eigenvalue weighted by atomic mass is 127. The number of carbonyl (C=O) groups is 1. The van der Waals surface area contributed by atoms with Crippen molar-refractivity contribution in [2.24, 2.45) is 0 Å². The molecule has 0 aliphatic carbocycles. The van der Waals surface area contributed by atoms with Crippen molar-refractivity contribution in [3.63, 3.8) is 0 Å². The maximum Gasteiger partial charge on any atom is 0.251 e. The van der Waals surface area contributed by atoms with Crippen molar-refractivity contribution < 1.29 is 4.79 Å². The molecule has 0 aliphatic rings. The fraction of sp³-hybridized carbons (Fsp3) is 0.286. The van der Waals surface area contributed by atoms with Gasteiger partial charge in [-0.25, -0.2) is 4.98 Å². The molecule has 0 saturated carbocycles. The van der Waals surface area contributed by atoms with Gasteiger partial charge in [-0.1, -0.05) is 6.92 Å². The molecule has 5 heteroatoms. The smallest absolute Gasteiger partial charge is 0.251 e. The zero-order valence-electron chi connectivity index (χ0n) is 10.8. The predicted molar refractivity (Wildman–Crippen MR) is 86.5 cm³/mol. The Labute approximate surface area is 130 Å². The molecule has 0 spiro atoms. The summed E-state index contributed by atoms with van der Waals surface area (Å²) in [5.74, 6) is -0.0582. The summed E-state index contributed by atoms with van der Waals surface area (Å²) < 4.78 is 1.12. The van der Waals surface area contributed by atoms with Gasteiger partial charge >= 0.3 is 0 Å². The molecule has 2 rings (SSSR count). The summed E-state index contributed by atoms with van der Waals surface area (Å²) in [7, 11) is 0. The Balaban J connectivity index is 2.04. The maximum absolute atomic E-state index is 12.1. The molecule has 1 N–H and O–H groups in total. The first kappa shape index (κ1) is 14.5. The number of amides is 1. The van der Waals surface area contributed by atoms with Crippen LogP contribution < -0.4 is 5.32 Å². The van der Waals surface area contributed by atoms with Gasteiger partial charge in [-0.15, -0.1) is 11.3 Å². The number of aryl methyl sites for hydroxylation is 1. The van der Waals surface area contributed by atoms with E-state index >= 15 is 0 Å². The lowest BCUT2D eigenvalue weighted by atomic mass is 10.2. The minimum Gasteiger partial charge on any atom is -0.343 e. The van der Waals surface area contributed by atoms with Gasteiger partial charge in [0.2, 0.25) is 0 Å². The van der Waals surface area contributed by atoms with Crippen molar-refractivity contribution in [1.82, 2.24) is 10.3 Å². The van der Waals surface area contributed by atoms with Gasteiger partial charge in [-0.05, 0) is 60.2 Å². The Morgan fingerprint density at radius 1 is 1.42 bits per heavy atom. The number of hydrogen-bond donors (Lipinski definition) is 1. The standard InChI is InChI=1S/C14H15IN2OS/c1-3-12-8-16-14(19-12)9(2)17-13(18)10-4-6-11(15)7-5-10/h4-9H,3H2,1-2H3,(H,17,18). The van der Waals surface area contributed by atoms with E-state index in [4.69, 9.17) is 0 Å². The molecule has 1 unspecified atom stereocenters. The first-order chi connectivity index (χ1) is 9.10. The lowest BCUT2D eigenvalue weighted by Crippen LogP contribution is -2.26. The third-order valence-electron chi connectivity index (χ3n) is 2.74. The number of nitrogens with zero attached hydrogens (tertiary/aromatic N) is 1. The van der Waals surface area contributed by atoms with Gasteiger partial charge in [-0.2, -0.15) is 0 Å². The zero-order valence-corrected chi connectivity index (χ0v) is 13.8. The number of benzene rings is 1. The Morgan fingerprint density at radius 2 is 2.11 bits per heavy atom. The van der Waals surface area contributed by atoms with Crippen molar-refractivity contribution in [3.8, 4) is 0 Å². The van der Waals surface area contributed by atoms with Crippen molar-refractivity contribution in [3.05, 3.63) is 49.5 Å². The average Bonchev–Trinajstić information content (AvgIpc) is 2.88. The van der Waals surface area contributed by atoms with Crippen LogP contribution in [0.3, 0.4) is 0 Å². The summed E-state index contributed by atoms with van der Waals surface area (Å²) in [6.07, 6.45) is 2.86. The summed E-state index contributed by atoms with van der Waals surface area (Å²) >= 11 is 3.88. The van der Waals surface area contributed by atoms with Crippen LogP contribution in [0.5, 0.6) is 0 Å². The summed E-state index contributed by atoms with van der Waals surface area (Å²) in [5.41, 5.74) is 0.680. The van der Waals surface area contributed by atoms with E-state index in [1.54, 1.807) is 11.3 Å². The van der Waals surface area contributed by atoms with Crippen LogP contribution in [0.15, 0.2) is 30.5 Å². The van der Waals surface area contributed by atoms with Crippen molar-refractivity contribution in [2.75, 3.05) is 0 Å². The van der Waals surface area contributed by atoms with E-state index in [0.29, 0.717) is 5.56 Å². The molecule has 0 fully saturated rings. The van der Waals surface area contributed by atoms with Crippen LogP contribution in [-0.4, -0.2) is 10.9 Å². The first-order valence-corrected chi connectivity index (χ1v) is 8.00. The monoisotopic (exact) mass is 386 g/mol. The number of thiazole rings is 1. The highest BCUT2D eigenvalue weighted by molar-refractivity contribution is 14.1. The van der Waals surface area contributed by atoms with Gasteiger partial charge in [0.05, 0.1) is 6.04 Å². The number of hydrogen-bond acceptors (Lipinski definition) is 3. The van der Waals surface area contributed by atoms with E-state index in [1.165, 1.54) is 4.88 Å². The molecule has 2 aromatic rings. The molecule has 100 valence electrons. The van der Waals surface area contributed by atoms with E-state index in [1.807, 2.05) is 37.4 Å². The third kappa shape index (κ3) is 3.76. The molecule has 3 nitrogen and oxygen atoms in total. The highest BCUT2D eigenvalue weighted by Crippen LogP contribution is 2.20. The van der Waals surface area contributed by atoms with Crippen LogP contribution in [0, 0.1) is 3.57 Å². The predicted octanol–water partition coefficient (Wildman–Crippen LogP) is 3.80. The normalized spacial score (nSPS) is 12.2. The lowest BCUT2D eigenvalue weighted by Gasteiger charge is -2.11. The number of nitrogens with one attached hydrogen (secondary N) is 1. The van der Waals surface area contributed by atoms with E-state index < -0.39 is 0 Å². The van der Waals surface area contributed by atoms with E-state index in [0.717, 1.165) is 15.0 Å². The van der Waals surface area contributed by atoms with Gasteiger partial charge in [-0.3, -0.25) is 4.79 Å². The Kier molecular flexibility index (Phi) is 4.93. The SMILES string of the molecule is CCc1cnc(C(C)NC(=O)c2ccc(I)cc2)s1. The van der Waals surface area contributed by atoms with Gasteiger partial charge in [0.25, 0.3) is 5.91 Å². The minimum atomic E-state index is -0.0583. The first-order valence-electron chi connectivity index (χ1n) is 6.11. The number of rotatable bonds is 4. The minimum absolute atomic E-state index is 0.0582. The Hall–Kier alpha value is -0.950. The van der Waals surface area contributed by atoms with Crippen molar-refractivity contribution >= 4 is 39.8 Å². The number of aromatic nitrogens is 1. The molecule has 1 amide bonds. The largest absolute Gasteiger partial charge is 0.343 e. The molecular weight excluding hydrogens is 371 g/mol. The quantitative estimate of drug-likeness (QED) is 0.813. The second-order valence-corrected chi connectivity index (χ2v) is 6.61. The summed E-state index contributed by atoms with van der Waals surface area (Å²) in [6.45, 7) is 4.06. The fourth-order valence-electron chi connectivity index (χ4n) is 1.63. The van der Waals surface area contributed by atoms with Crippen LogP contribution in [0.25, 0.3) is 0 Å². The van der Waals surface area contributed by atoms with Crippen LogP contribution in [0.4, 0.5) is 0 Å². The molecule has 0 radical (unpaired) electrons. The molecule has 0 aliphatic heterocycles. The van der Waals surface area contributed by atoms with E-state index in [9.17, 15) is 4.79 Å². The topological polar surface area (TPSA) is 42.0 Å². The summed E-state index contributed by atoms with van der Waals surface area (Å²) in [4.78, 5) is 17.7. The summed E-state index contributed by atoms with van der Waals surface area (Å²) in [6, 6.07) is 7.47. The molecule has 1 heterocycles. The molecule has 1 atom stereocenters.